The molecule has 1 unspecified atom stereocenters. The molecule has 0 aromatic carbocycles. The van der Waals surface area contributed by atoms with Crippen LogP contribution >= 0.6 is 0 Å². The molecule has 0 aliphatic carbocycles. The molecule has 0 bridgehead atoms. The van der Waals surface area contributed by atoms with E-state index in [2.05, 4.69) is 31.2 Å². The van der Waals surface area contributed by atoms with Crippen molar-refractivity contribution in [1.82, 2.24) is 15.1 Å². The summed E-state index contributed by atoms with van der Waals surface area (Å²) < 4.78 is 7.69. The molecule has 0 aliphatic heterocycles. The van der Waals surface area contributed by atoms with E-state index in [1.54, 1.807) is 6.20 Å². The average Bonchev–Trinajstić information content (AvgIpc) is 2.65. The molecule has 0 saturated heterocycles. The highest BCUT2D eigenvalue weighted by atomic mass is 16.5. The van der Waals surface area contributed by atoms with E-state index in [4.69, 9.17) is 4.74 Å². The summed E-state index contributed by atoms with van der Waals surface area (Å²) in [5.41, 5.74) is 0. The van der Waals surface area contributed by atoms with Gasteiger partial charge in [0.15, 0.2) is 5.75 Å². The van der Waals surface area contributed by atoms with E-state index >= 15 is 0 Å². The third kappa shape index (κ3) is 3.55. The third-order valence-electron chi connectivity index (χ3n) is 2.30. The normalized spacial score (nSPS) is 13.1. The van der Waals surface area contributed by atoms with Crippen molar-refractivity contribution >= 4 is 0 Å². The molecular weight excluding hydrogens is 190 g/mol. The number of nitrogens with zero attached hydrogens (tertiary/aromatic N) is 2. The quantitative estimate of drug-likeness (QED) is 0.780. The Bertz CT molecular complexity index is 283. The third-order valence-corrected chi connectivity index (χ3v) is 2.30. The van der Waals surface area contributed by atoms with E-state index in [0.717, 1.165) is 18.7 Å². The number of rotatable bonds is 6. The van der Waals surface area contributed by atoms with Crippen LogP contribution in [0, 0.1) is 0 Å². The van der Waals surface area contributed by atoms with Crippen LogP contribution in [-0.4, -0.2) is 29.5 Å². The maximum Gasteiger partial charge on any atom is 0.157 e. The lowest BCUT2D eigenvalue weighted by molar-refractivity contribution is 0.196. The number of likely N-dealkylation sites (N-methyl/N-ethyl adjacent to an activating group) is 1. The molecule has 4 heteroatoms. The second-order valence-corrected chi connectivity index (χ2v) is 3.96. The van der Waals surface area contributed by atoms with Crippen molar-refractivity contribution in [2.45, 2.75) is 39.3 Å². The number of hydrogen-bond acceptors (Lipinski definition) is 3. The fraction of sp³-hybridized carbons (Fsp3) is 0.727. The lowest BCUT2D eigenvalue weighted by atomic mass is 10.3. The Kier molecular flexibility index (Phi) is 4.62. The van der Waals surface area contributed by atoms with Gasteiger partial charge in [-0.25, -0.2) is 0 Å². The van der Waals surface area contributed by atoms with Crippen LogP contribution in [-0.2, 0) is 0 Å². The Morgan fingerprint density at radius 2 is 2.27 bits per heavy atom. The van der Waals surface area contributed by atoms with Gasteiger partial charge in [-0.3, -0.25) is 4.68 Å². The summed E-state index contributed by atoms with van der Waals surface area (Å²) in [6, 6.07) is 0.381. The van der Waals surface area contributed by atoms with Gasteiger partial charge >= 0.3 is 0 Å². The van der Waals surface area contributed by atoms with E-state index in [-0.39, 0.29) is 6.10 Å². The molecule has 4 nitrogen and oxygen atoms in total. The molecule has 15 heavy (non-hydrogen) atoms. The Hall–Kier alpha value is -1.03. The average molecular weight is 211 g/mol. The predicted molar refractivity (Wildman–Crippen MR) is 61.2 cm³/mol. The predicted octanol–water partition coefficient (Wildman–Crippen LogP) is 1.84. The minimum atomic E-state index is 0.222. The van der Waals surface area contributed by atoms with Gasteiger partial charge in [-0.2, -0.15) is 5.10 Å². The van der Waals surface area contributed by atoms with Gasteiger partial charge < -0.3 is 10.1 Å². The molecule has 0 fully saturated rings. The smallest absolute Gasteiger partial charge is 0.157 e. The van der Waals surface area contributed by atoms with Gasteiger partial charge in [0.25, 0.3) is 0 Å². The van der Waals surface area contributed by atoms with Gasteiger partial charge in [0.2, 0.25) is 0 Å². The molecule has 0 spiro atoms. The van der Waals surface area contributed by atoms with E-state index < -0.39 is 0 Å². The second kappa shape index (κ2) is 5.75. The van der Waals surface area contributed by atoms with Crippen molar-refractivity contribution in [3.05, 3.63) is 12.4 Å². The number of nitrogens with one attached hydrogen (secondary N) is 1. The summed E-state index contributed by atoms with van der Waals surface area (Å²) in [5.74, 6) is 0.853. The first-order valence-corrected chi connectivity index (χ1v) is 5.52. The molecule has 1 N–H and O–H groups in total. The van der Waals surface area contributed by atoms with Gasteiger partial charge in [0.1, 0.15) is 6.10 Å². The van der Waals surface area contributed by atoms with Crippen LogP contribution in [0.5, 0.6) is 5.75 Å². The summed E-state index contributed by atoms with van der Waals surface area (Å²) in [4.78, 5) is 0. The molecule has 1 heterocycles. The van der Waals surface area contributed by atoms with Crippen LogP contribution in [0.2, 0.25) is 0 Å². The summed E-state index contributed by atoms with van der Waals surface area (Å²) in [6.45, 7) is 7.18. The molecule has 1 atom stereocenters. The maximum atomic E-state index is 5.79. The highest BCUT2D eigenvalue weighted by molar-refractivity contribution is 5.12. The van der Waals surface area contributed by atoms with Crippen molar-refractivity contribution in [1.29, 1.82) is 0 Å². The molecule has 1 aromatic heterocycles. The first kappa shape index (κ1) is 12.0. The zero-order valence-corrected chi connectivity index (χ0v) is 10.0. The molecule has 1 rings (SSSR count). The van der Waals surface area contributed by atoms with Gasteiger partial charge in [0.05, 0.1) is 12.4 Å². The first-order chi connectivity index (χ1) is 7.17. The van der Waals surface area contributed by atoms with E-state index in [9.17, 15) is 0 Å². The molecule has 0 aliphatic rings. The standard InChI is InChI=1S/C11H21N3O/c1-5-10(6-12-4)15-11-7-13-14(8-11)9(2)3/h7-10,12H,5-6H2,1-4H3. The minimum absolute atomic E-state index is 0.222. The zero-order chi connectivity index (χ0) is 11.3. The van der Waals surface area contributed by atoms with Gasteiger partial charge in [-0.15, -0.1) is 0 Å². The van der Waals surface area contributed by atoms with Crippen LogP contribution in [0.4, 0.5) is 0 Å². The Balaban J connectivity index is 2.55. The van der Waals surface area contributed by atoms with Gasteiger partial charge in [-0.1, -0.05) is 6.92 Å². The van der Waals surface area contributed by atoms with Gasteiger partial charge in [-0.05, 0) is 27.3 Å². The fourth-order valence-corrected chi connectivity index (χ4v) is 1.35. The van der Waals surface area contributed by atoms with Crippen LogP contribution in [0.15, 0.2) is 12.4 Å². The lowest BCUT2D eigenvalue weighted by Crippen LogP contribution is -2.28. The highest BCUT2D eigenvalue weighted by Gasteiger charge is 2.09. The number of hydrogen-bond donors (Lipinski definition) is 1. The number of ether oxygens (including phenoxy) is 1. The van der Waals surface area contributed by atoms with Crippen molar-refractivity contribution in [2.75, 3.05) is 13.6 Å². The molecule has 86 valence electrons. The molecule has 0 radical (unpaired) electrons. The van der Waals surface area contributed by atoms with Crippen LogP contribution in [0.3, 0.4) is 0 Å². The maximum absolute atomic E-state index is 5.79. The summed E-state index contributed by atoms with van der Waals surface area (Å²) in [7, 11) is 1.93. The Morgan fingerprint density at radius 3 is 2.73 bits per heavy atom. The Morgan fingerprint density at radius 1 is 1.53 bits per heavy atom. The SMILES string of the molecule is CCC(CNC)Oc1cnn(C(C)C)c1. The zero-order valence-electron chi connectivity index (χ0n) is 10.0. The summed E-state index contributed by atoms with van der Waals surface area (Å²) in [5, 5.41) is 7.35. The van der Waals surface area contributed by atoms with Crippen molar-refractivity contribution < 1.29 is 4.74 Å². The number of aromatic nitrogens is 2. The van der Waals surface area contributed by atoms with Crippen LogP contribution in [0.1, 0.15) is 33.2 Å². The van der Waals surface area contributed by atoms with E-state index in [1.807, 2.05) is 17.9 Å². The monoisotopic (exact) mass is 211 g/mol. The summed E-state index contributed by atoms with van der Waals surface area (Å²) >= 11 is 0. The van der Waals surface area contributed by atoms with Crippen LogP contribution < -0.4 is 10.1 Å². The highest BCUT2D eigenvalue weighted by Crippen LogP contribution is 2.14. The Labute approximate surface area is 91.6 Å². The van der Waals surface area contributed by atoms with Crippen LogP contribution in [0.25, 0.3) is 0 Å². The summed E-state index contributed by atoms with van der Waals surface area (Å²) in [6.07, 6.45) is 4.94. The molecule has 0 saturated carbocycles. The molecule has 1 aromatic rings. The van der Waals surface area contributed by atoms with E-state index in [0.29, 0.717) is 6.04 Å². The molecular formula is C11H21N3O. The van der Waals surface area contributed by atoms with Crippen molar-refractivity contribution in [2.24, 2.45) is 0 Å². The second-order valence-electron chi connectivity index (χ2n) is 3.96. The first-order valence-electron chi connectivity index (χ1n) is 5.52. The van der Waals surface area contributed by atoms with Crippen molar-refractivity contribution in [3.8, 4) is 5.75 Å². The minimum Gasteiger partial charge on any atom is -0.486 e. The topological polar surface area (TPSA) is 39.1 Å². The molecule has 0 amide bonds. The lowest BCUT2D eigenvalue weighted by Gasteiger charge is -2.15. The fourth-order valence-electron chi connectivity index (χ4n) is 1.35. The van der Waals surface area contributed by atoms with Gasteiger partial charge in [0, 0.05) is 12.6 Å². The van der Waals surface area contributed by atoms with E-state index in [1.165, 1.54) is 0 Å². The van der Waals surface area contributed by atoms with Crippen molar-refractivity contribution in [3.63, 3.8) is 0 Å². The largest absolute Gasteiger partial charge is 0.486 e.